The number of amides is 1. The fourth-order valence-electron chi connectivity index (χ4n) is 1.99. The molecule has 0 aliphatic carbocycles. The molecular formula is C11H18N4O. The van der Waals surface area contributed by atoms with Gasteiger partial charge in [0.2, 0.25) is 5.91 Å². The van der Waals surface area contributed by atoms with Crippen LogP contribution in [0.4, 0.5) is 0 Å². The van der Waals surface area contributed by atoms with E-state index in [9.17, 15) is 4.79 Å². The molecule has 1 atom stereocenters. The number of rotatable bonds is 4. The van der Waals surface area contributed by atoms with Crippen molar-refractivity contribution in [2.75, 3.05) is 13.1 Å². The lowest BCUT2D eigenvalue weighted by Gasteiger charge is -2.22. The highest BCUT2D eigenvalue weighted by Crippen LogP contribution is 2.03. The molecule has 1 aliphatic rings. The van der Waals surface area contributed by atoms with Gasteiger partial charge in [0.05, 0.1) is 6.04 Å². The fraction of sp³-hybridized carbons (Fsp3) is 0.636. The summed E-state index contributed by atoms with van der Waals surface area (Å²) in [6.45, 7) is 1.64. The molecule has 5 nitrogen and oxygen atoms in total. The van der Waals surface area contributed by atoms with E-state index in [1.54, 1.807) is 6.20 Å². The number of piperidine rings is 1. The quantitative estimate of drug-likeness (QED) is 0.743. The van der Waals surface area contributed by atoms with Crippen LogP contribution in [0.2, 0.25) is 0 Å². The van der Waals surface area contributed by atoms with Gasteiger partial charge in [0, 0.05) is 38.4 Å². The Labute approximate surface area is 95.2 Å². The summed E-state index contributed by atoms with van der Waals surface area (Å²) < 4.78 is 1.86. The summed E-state index contributed by atoms with van der Waals surface area (Å²) in [5.74, 6) is 0.135. The van der Waals surface area contributed by atoms with Crippen LogP contribution < -0.4 is 10.6 Å². The Balaban J connectivity index is 1.75. The Kier molecular flexibility index (Phi) is 3.56. The minimum atomic E-state index is -0.0121. The molecule has 1 aromatic rings. The molecule has 1 aliphatic heterocycles. The van der Waals surface area contributed by atoms with Crippen molar-refractivity contribution >= 4 is 5.91 Å². The summed E-state index contributed by atoms with van der Waals surface area (Å²) in [5, 5.41) is 10.3. The average molecular weight is 222 g/mol. The van der Waals surface area contributed by atoms with Crippen molar-refractivity contribution in [2.45, 2.75) is 25.3 Å². The summed E-state index contributed by atoms with van der Waals surface area (Å²) in [6.07, 6.45) is 4.70. The lowest BCUT2D eigenvalue weighted by atomic mass is 10.1. The molecular weight excluding hydrogens is 204 g/mol. The zero-order valence-electron chi connectivity index (χ0n) is 9.57. The minimum absolute atomic E-state index is 0.0121. The molecule has 0 aromatic carbocycles. The van der Waals surface area contributed by atoms with Gasteiger partial charge in [-0.2, -0.15) is 5.10 Å². The molecule has 1 saturated heterocycles. The van der Waals surface area contributed by atoms with Crippen LogP contribution in [0, 0.1) is 0 Å². The zero-order valence-corrected chi connectivity index (χ0v) is 9.57. The molecule has 1 aromatic heterocycles. The van der Waals surface area contributed by atoms with Crippen LogP contribution in [0.3, 0.4) is 0 Å². The summed E-state index contributed by atoms with van der Waals surface area (Å²) in [4.78, 5) is 11.5. The SMILES string of the molecule is Cn1nccc1CCNC1CCCNC1=O. The molecule has 0 saturated carbocycles. The third-order valence-electron chi connectivity index (χ3n) is 2.98. The first-order valence-electron chi connectivity index (χ1n) is 5.75. The number of hydrogen-bond donors (Lipinski definition) is 2. The van der Waals surface area contributed by atoms with Gasteiger partial charge in [-0.3, -0.25) is 9.48 Å². The normalized spacial score (nSPS) is 20.8. The second-order valence-corrected chi connectivity index (χ2v) is 4.14. The third kappa shape index (κ3) is 2.61. The molecule has 2 N–H and O–H groups in total. The van der Waals surface area contributed by atoms with Gasteiger partial charge >= 0.3 is 0 Å². The fourth-order valence-corrected chi connectivity index (χ4v) is 1.99. The molecule has 0 radical (unpaired) electrons. The number of carbonyl (C=O) groups excluding carboxylic acids is 1. The number of carbonyl (C=O) groups is 1. The number of aryl methyl sites for hydroxylation is 1. The highest BCUT2D eigenvalue weighted by Gasteiger charge is 2.20. The highest BCUT2D eigenvalue weighted by molar-refractivity contribution is 5.82. The predicted molar refractivity (Wildman–Crippen MR) is 60.9 cm³/mol. The van der Waals surface area contributed by atoms with E-state index in [4.69, 9.17) is 0 Å². The van der Waals surface area contributed by atoms with E-state index < -0.39 is 0 Å². The van der Waals surface area contributed by atoms with Gasteiger partial charge in [-0.05, 0) is 18.9 Å². The van der Waals surface area contributed by atoms with Crippen molar-refractivity contribution in [2.24, 2.45) is 7.05 Å². The van der Waals surface area contributed by atoms with Crippen molar-refractivity contribution < 1.29 is 4.79 Å². The zero-order chi connectivity index (χ0) is 11.4. The number of aromatic nitrogens is 2. The monoisotopic (exact) mass is 222 g/mol. The Morgan fingerprint density at radius 1 is 1.69 bits per heavy atom. The first-order chi connectivity index (χ1) is 7.77. The van der Waals surface area contributed by atoms with Crippen molar-refractivity contribution in [3.8, 4) is 0 Å². The topological polar surface area (TPSA) is 59.0 Å². The molecule has 5 heteroatoms. The molecule has 2 rings (SSSR count). The van der Waals surface area contributed by atoms with Gasteiger partial charge in [-0.25, -0.2) is 0 Å². The van der Waals surface area contributed by atoms with Gasteiger partial charge in [-0.15, -0.1) is 0 Å². The van der Waals surface area contributed by atoms with Gasteiger partial charge < -0.3 is 10.6 Å². The van der Waals surface area contributed by atoms with Crippen LogP contribution >= 0.6 is 0 Å². The lowest BCUT2D eigenvalue weighted by molar-refractivity contribution is -0.124. The van der Waals surface area contributed by atoms with E-state index >= 15 is 0 Å². The first kappa shape index (κ1) is 11.1. The van der Waals surface area contributed by atoms with Gasteiger partial charge in [0.1, 0.15) is 0 Å². The van der Waals surface area contributed by atoms with Gasteiger partial charge in [-0.1, -0.05) is 0 Å². The maximum Gasteiger partial charge on any atom is 0.237 e. The van der Waals surface area contributed by atoms with Crippen molar-refractivity contribution in [1.82, 2.24) is 20.4 Å². The Bertz CT molecular complexity index is 361. The smallest absolute Gasteiger partial charge is 0.237 e. The molecule has 1 unspecified atom stereocenters. The first-order valence-corrected chi connectivity index (χ1v) is 5.75. The van der Waals surface area contributed by atoms with E-state index in [0.717, 1.165) is 32.4 Å². The maximum absolute atomic E-state index is 11.5. The second-order valence-electron chi connectivity index (χ2n) is 4.14. The van der Waals surface area contributed by atoms with Crippen LogP contribution in [0.25, 0.3) is 0 Å². The van der Waals surface area contributed by atoms with E-state index in [2.05, 4.69) is 15.7 Å². The third-order valence-corrected chi connectivity index (χ3v) is 2.98. The minimum Gasteiger partial charge on any atom is -0.355 e. The van der Waals surface area contributed by atoms with Crippen LogP contribution in [0.5, 0.6) is 0 Å². The van der Waals surface area contributed by atoms with Crippen molar-refractivity contribution in [1.29, 1.82) is 0 Å². The summed E-state index contributed by atoms with van der Waals surface area (Å²) in [5.41, 5.74) is 1.18. The van der Waals surface area contributed by atoms with E-state index in [1.165, 1.54) is 5.69 Å². The molecule has 88 valence electrons. The van der Waals surface area contributed by atoms with Crippen LogP contribution in [-0.2, 0) is 18.3 Å². The molecule has 1 amide bonds. The van der Waals surface area contributed by atoms with Crippen LogP contribution in [-0.4, -0.2) is 34.8 Å². The number of hydrogen-bond acceptors (Lipinski definition) is 3. The van der Waals surface area contributed by atoms with Crippen LogP contribution in [0.15, 0.2) is 12.3 Å². The molecule has 0 spiro atoms. The highest BCUT2D eigenvalue weighted by atomic mass is 16.2. The molecule has 1 fully saturated rings. The van der Waals surface area contributed by atoms with Gasteiger partial charge in [0.25, 0.3) is 0 Å². The maximum atomic E-state index is 11.5. The predicted octanol–water partition coefficient (Wildman–Crippen LogP) is -0.169. The van der Waals surface area contributed by atoms with Gasteiger partial charge in [0.15, 0.2) is 0 Å². The summed E-state index contributed by atoms with van der Waals surface area (Å²) in [7, 11) is 1.93. The second kappa shape index (κ2) is 5.12. The average Bonchev–Trinajstić information content (AvgIpc) is 2.67. The Morgan fingerprint density at radius 2 is 2.56 bits per heavy atom. The van der Waals surface area contributed by atoms with Crippen molar-refractivity contribution in [3.63, 3.8) is 0 Å². The number of nitrogens with one attached hydrogen (secondary N) is 2. The van der Waals surface area contributed by atoms with E-state index in [0.29, 0.717) is 0 Å². The van der Waals surface area contributed by atoms with E-state index in [-0.39, 0.29) is 11.9 Å². The van der Waals surface area contributed by atoms with Crippen molar-refractivity contribution in [3.05, 3.63) is 18.0 Å². The summed E-state index contributed by atoms with van der Waals surface area (Å²) in [6, 6.07) is 1.99. The largest absolute Gasteiger partial charge is 0.355 e. The Hall–Kier alpha value is -1.36. The lowest BCUT2D eigenvalue weighted by Crippen LogP contribution is -2.48. The molecule has 16 heavy (non-hydrogen) atoms. The summed E-state index contributed by atoms with van der Waals surface area (Å²) >= 11 is 0. The molecule has 0 bridgehead atoms. The molecule has 2 heterocycles. The van der Waals surface area contributed by atoms with Crippen LogP contribution in [0.1, 0.15) is 18.5 Å². The van der Waals surface area contributed by atoms with E-state index in [1.807, 2.05) is 17.8 Å². The Morgan fingerprint density at radius 3 is 3.25 bits per heavy atom. The standard InChI is InChI=1S/C11H18N4O/c1-15-9(5-8-14-15)4-7-12-10-3-2-6-13-11(10)16/h5,8,10,12H,2-4,6-7H2,1H3,(H,13,16). The number of nitrogens with zero attached hydrogens (tertiary/aromatic N) is 2.